The molecule has 3 rings (SSSR count). The normalized spacial score (nSPS) is 11.8. The maximum absolute atomic E-state index is 12.9. The van der Waals surface area contributed by atoms with Crippen LogP contribution in [0.25, 0.3) is 0 Å². The van der Waals surface area contributed by atoms with Crippen molar-refractivity contribution in [2.24, 2.45) is 0 Å². The topological polar surface area (TPSA) is 41.1 Å². The van der Waals surface area contributed by atoms with Crippen LogP contribution >= 0.6 is 11.3 Å². The van der Waals surface area contributed by atoms with E-state index in [9.17, 15) is 9.18 Å². The number of amides is 2. The molecule has 1 heterocycles. The lowest BCUT2D eigenvalue weighted by atomic mass is 10.0. The predicted octanol–water partition coefficient (Wildman–Crippen LogP) is 5.11. The van der Waals surface area contributed by atoms with Gasteiger partial charge in [-0.25, -0.2) is 9.18 Å². The summed E-state index contributed by atoms with van der Waals surface area (Å²) in [5.74, 6) is -0.336. The Morgan fingerprint density at radius 2 is 1.75 bits per heavy atom. The molecule has 0 bridgehead atoms. The number of rotatable bonds is 4. The summed E-state index contributed by atoms with van der Waals surface area (Å²) >= 11 is 1.59. The number of halogens is 1. The van der Waals surface area contributed by atoms with Gasteiger partial charge in [-0.05, 0) is 48.2 Å². The van der Waals surface area contributed by atoms with Gasteiger partial charge in [-0.2, -0.15) is 0 Å². The van der Waals surface area contributed by atoms with Crippen molar-refractivity contribution in [2.45, 2.75) is 13.0 Å². The molecular formula is C19H17FN2OS. The predicted molar refractivity (Wildman–Crippen MR) is 95.9 cm³/mol. The Labute approximate surface area is 144 Å². The lowest BCUT2D eigenvalue weighted by Gasteiger charge is -2.19. The molecule has 0 unspecified atom stereocenters. The van der Waals surface area contributed by atoms with Gasteiger partial charge in [0.15, 0.2) is 0 Å². The molecule has 1 atom stereocenters. The number of hydrogen-bond acceptors (Lipinski definition) is 2. The summed E-state index contributed by atoms with van der Waals surface area (Å²) < 4.78 is 12.9. The maximum atomic E-state index is 12.9. The number of carbonyl (C=O) groups is 1. The number of hydrogen-bond donors (Lipinski definition) is 2. The fourth-order valence-electron chi connectivity index (χ4n) is 2.36. The van der Waals surface area contributed by atoms with Crippen LogP contribution in [-0.4, -0.2) is 6.03 Å². The Bertz CT molecular complexity index is 798. The van der Waals surface area contributed by atoms with E-state index in [1.54, 1.807) is 11.3 Å². The number of benzene rings is 2. The number of urea groups is 1. The maximum Gasteiger partial charge on any atom is 0.320 e. The molecule has 0 aliphatic carbocycles. The number of nitrogens with one attached hydrogen (secondary N) is 2. The molecule has 2 amide bonds. The number of carbonyl (C=O) groups excluding carboxylic acids is 1. The van der Waals surface area contributed by atoms with Crippen LogP contribution in [0.1, 0.15) is 22.0 Å². The highest BCUT2D eigenvalue weighted by atomic mass is 32.1. The van der Waals surface area contributed by atoms with Crippen LogP contribution in [0, 0.1) is 12.7 Å². The number of anilines is 1. The molecule has 0 saturated heterocycles. The molecule has 3 nitrogen and oxygen atoms in total. The summed E-state index contributed by atoms with van der Waals surface area (Å²) in [6.07, 6.45) is 0. The monoisotopic (exact) mass is 340 g/mol. The van der Waals surface area contributed by atoms with Crippen LogP contribution in [-0.2, 0) is 0 Å². The van der Waals surface area contributed by atoms with Crippen LogP contribution in [0.4, 0.5) is 14.9 Å². The summed E-state index contributed by atoms with van der Waals surface area (Å²) in [4.78, 5) is 13.4. The van der Waals surface area contributed by atoms with Crippen LogP contribution in [0.5, 0.6) is 0 Å². The highest BCUT2D eigenvalue weighted by Gasteiger charge is 2.17. The molecule has 24 heavy (non-hydrogen) atoms. The second-order valence-electron chi connectivity index (χ2n) is 5.46. The van der Waals surface area contributed by atoms with Gasteiger partial charge in [-0.1, -0.05) is 35.9 Å². The third-order valence-corrected chi connectivity index (χ3v) is 4.55. The van der Waals surface area contributed by atoms with E-state index in [2.05, 4.69) is 10.6 Å². The summed E-state index contributed by atoms with van der Waals surface area (Å²) in [6.45, 7) is 2.03. The summed E-state index contributed by atoms with van der Waals surface area (Å²) in [5.41, 5.74) is 2.72. The first-order valence-electron chi connectivity index (χ1n) is 7.55. The van der Waals surface area contributed by atoms with Gasteiger partial charge in [0.25, 0.3) is 0 Å². The fourth-order valence-corrected chi connectivity index (χ4v) is 3.17. The van der Waals surface area contributed by atoms with E-state index in [1.165, 1.54) is 29.8 Å². The molecule has 0 spiro atoms. The van der Waals surface area contributed by atoms with E-state index in [0.717, 1.165) is 10.4 Å². The highest BCUT2D eigenvalue weighted by Crippen LogP contribution is 2.26. The van der Waals surface area contributed by atoms with E-state index in [1.807, 2.05) is 48.7 Å². The smallest absolute Gasteiger partial charge is 0.320 e. The van der Waals surface area contributed by atoms with Crippen LogP contribution in [0.15, 0.2) is 66.0 Å². The molecule has 0 saturated carbocycles. The van der Waals surface area contributed by atoms with Gasteiger partial charge < -0.3 is 10.6 Å². The summed E-state index contributed by atoms with van der Waals surface area (Å²) in [7, 11) is 0. The molecule has 0 aliphatic heterocycles. The van der Waals surface area contributed by atoms with E-state index in [0.29, 0.717) is 5.69 Å². The summed E-state index contributed by atoms with van der Waals surface area (Å²) in [6, 6.07) is 17.1. The van der Waals surface area contributed by atoms with Crippen LogP contribution < -0.4 is 10.6 Å². The first-order valence-corrected chi connectivity index (χ1v) is 8.43. The molecule has 3 aromatic rings. The van der Waals surface area contributed by atoms with Crippen molar-refractivity contribution in [3.63, 3.8) is 0 Å². The number of aryl methyl sites for hydroxylation is 1. The molecule has 2 N–H and O–H groups in total. The zero-order chi connectivity index (χ0) is 16.9. The van der Waals surface area contributed by atoms with Gasteiger partial charge in [-0.3, -0.25) is 0 Å². The number of thiophene rings is 1. The highest BCUT2D eigenvalue weighted by molar-refractivity contribution is 7.10. The molecule has 5 heteroatoms. The van der Waals surface area contributed by atoms with Gasteiger partial charge in [-0.15, -0.1) is 11.3 Å². The molecule has 0 radical (unpaired) electrons. The second-order valence-corrected chi connectivity index (χ2v) is 6.44. The van der Waals surface area contributed by atoms with Crippen molar-refractivity contribution in [3.8, 4) is 0 Å². The third-order valence-electron chi connectivity index (χ3n) is 3.62. The molecule has 2 aromatic carbocycles. The van der Waals surface area contributed by atoms with Gasteiger partial charge in [0.2, 0.25) is 0 Å². The van der Waals surface area contributed by atoms with Crippen molar-refractivity contribution >= 4 is 23.1 Å². The lowest BCUT2D eigenvalue weighted by Crippen LogP contribution is -2.32. The van der Waals surface area contributed by atoms with Gasteiger partial charge in [0.1, 0.15) is 5.82 Å². The summed E-state index contributed by atoms with van der Waals surface area (Å²) in [5, 5.41) is 7.70. The van der Waals surface area contributed by atoms with Crippen molar-refractivity contribution in [3.05, 3.63) is 87.9 Å². The molecule has 0 aliphatic rings. The molecule has 122 valence electrons. The second kappa shape index (κ2) is 7.27. The zero-order valence-electron chi connectivity index (χ0n) is 13.1. The standard InChI is InChI=1S/C19H17FN2OS/c1-13-4-6-14(7-5-13)18(17-3-2-12-24-17)22-19(23)21-16-10-8-15(20)9-11-16/h2-12,18H,1H3,(H2,21,22,23)/t18-/m0/s1. The quantitative estimate of drug-likeness (QED) is 0.681. The van der Waals surface area contributed by atoms with Crippen LogP contribution in [0.2, 0.25) is 0 Å². The molecule has 0 fully saturated rings. The van der Waals surface area contributed by atoms with E-state index in [4.69, 9.17) is 0 Å². The van der Waals surface area contributed by atoms with E-state index < -0.39 is 0 Å². The minimum Gasteiger partial charge on any atom is -0.326 e. The van der Waals surface area contributed by atoms with Crippen molar-refractivity contribution in [2.75, 3.05) is 5.32 Å². The minimum absolute atomic E-state index is 0.231. The fraction of sp³-hybridized carbons (Fsp3) is 0.105. The Hall–Kier alpha value is -2.66. The average molecular weight is 340 g/mol. The van der Waals surface area contributed by atoms with E-state index >= 15 is 0 Å². The zero-order valence-corrected chi connectivity index (χ0v) is 13.9. The van der Waals surface area contributed by atoms with Crippen molar-refractivity contribution in [1.82, 2.24) is 5.32 Å². The average Bonchev–Trinajstić information content (AvgIpc) is 3.10. The third kappa shape index (κ3) is 4.00. The van der Waals surface area contributed by atoms with Crippen LogP contribution in [0.3, 0.4) is 0 Å². The SMILES string of the molecule is Cc1ccc([C@H](NC(=O)Nc2ccc(F)cc2)c2cccs2)cc1. The first-order chi connectivity index (χ1) is 11.6. The Kier molecular flexibility index (Phi) is 4.91. The molecular weight excluding hydrogens is 323 g/mol. The Balaban J connectivity index is 1.77. The first kappa shape index (κ1) is 16.2. The Morgan fingerprint density at radius 1 is 1.04 bits per heavy atom. The van der Waals surface area contributed by atoms with Crippen molar-refractivity contribution in [1.29, 1.82) is 0 Å². The molecule has 1 aromatic heterocycles. The van der Waals surface area contributed by atoms with E-state index in [-0.39, 0.29) is 17.9 Å². The van der Waals surface area contributed by atoms with Gasteiger partial charge in [0, 0.05) is 10.6 Å². The lowest BCUT2D eigenvalue weighted by molar-refractivity contribution is 0.250. The van der Waals surface area contributed by atoms with Crippen molar-refractivity contribution < 1.29 is 9.18 Å². The van der Waals surface area contributed by atoms with Gasteiger partial charge >= 0.3 is 6.03 Å². The Morgan fingerprint density at radius 3 is 2.38 bits per heavy atom. The van der Waals surface area contributed by atoms with Gasteiger partial charge in [0.05, 0.1) is 6.04 Å². The largest absolute Gasteiger partial charge is 0.326 e. The minimum atomic E-state index is -0.336.